The lowest BCUT2D eigenvalue weighted by molar-refractivity contribution is 0.159. The van der Waals surface area contributed by atoms with Crippen LogP contribution in [-0.4, -0.2) is 35.6 Å². The molecule has 32 heavy (non-hydrogen) atoms. The predicted octanol–water partition coefficient (Wildman–Crippen LogP) is 3.85. The lowest BCUT2D eigenvalue weighted by Gasteiger charge is -2.17. The van der Waals surface area contributed by atoms with Gasteiger partial charge in [-0.3, -0.25) is 0 Å². The normalized spacial score (nSPS) is 19.9. The van der Waals surface area contributed by atoms with Gasteiger partial charge in [-0.25, -0.2) is 31.3 Å². The topological polar surface area (TPSA) is 95.1 Å². The van der Waals surface area contributed by atoms with E-state index in [1.54, 1.807) is 0 Å². The Kier molecular flexibility index (Phi) is 6.30. The molecule has 3 N–H and O–H groups in total. The Morgan fingerprint density at radius 1 is 1.06 bits per heavy atom. The van der Waals surface area contributed by atoms with Crippen LogP contribution in [0.4, 0.5) is 13.2 Å². The summed E-state index contributed by atoms with van der Waals surface area (Å²) in [6.45, 7) is 0. The highest BCUT2D eigenvalue weighted by atomic mass is 35.5. The van der Waals surface area contributed by atoms with E-state index in [0.29, 0.717) is 24.8 Å². The molecule has 0 saturated heterocycles. The monoisotopic (exact) mass is 485 g/mol. The first kappa shape index (κ1) is 22.8. The van der Waals surface area contributed by atoms with Crippen molar-refractivity contribution in [3.8, 4) is 0 Å². The Morgan fingerprint density at radius 3 is 2.38 bits per heavy atom. The van der Waals surface area contributed by atoms with Crippen LogP contribution in [0.1, 0.15) is 42.1 Å². The standard InChI is InChI=1S/C21H19ClF3N3O3S/c22-13-8-11(4-6-14(13)23)20(12-5-7-15(24)16(25)9-12)21-26-10-19(27-21)32(30,31)28-17-2-1-3-18(17)29/h4-10,17-18,20,28-29H,1-3H2,(H,26,27). The molecule has 11 heteroatoms. The molecule has 0 amide bonds. The van der Waals surface area contributed by atoms with Crippen LogP contribution in [0.3, 0.4) is 0 Å². The quantitative estimate of drug-likeness (QED) is 0.494. The highest BCUT2D eigenvalue weighted by Crippen LogP contribution is 2.33. The summed E-state index contributed by atoms with van der Waals surface area (Å²) in [5, 5.41) is 9.48. The molecule has 1 heterocycles. The minimum Gasteiger partial charge on any atom is -0.391 e. The van der Waals surface area contributed by atoms with E-state index in [-0.39, 0.29) is 21.4 Å². The summed E-state index contributed by atoms with van der Waals surface area (Å²) < 4.78 is 69.1. The maximum absolute atomic E-state index is 14.0. The number of aliphatic hydroxyl groups excluding tert-OH is 1. The number of hydrogen-bond donors (Lipinski definition) is 3. The molecule has 1 saturated carbocycles. The molecule has 6 nitrogen and oxygen atoms in total. The molecular formula is C21H19ClF3N3O3S. The van der Waals surface area contributed by atoms with Crippen molar-refractivity contribution in [2.24, 2.45) is 0 Å². The molecule has 0 spiro atoms. The molecule has 170 valence electrons. The van der Waals surface area contributed by atoms with Gasteiger partial charge in [0.25, 0.3) is 10.0 Å². The number of halogens is 4. The number of aromatic nitrogens is 2. The van der Waals surface area contributed by atoms with Crippen LogP contribution >= 0.6 is 11.6 Å². The van der Waals surface area contributed by atoms with Crippen LogP contribution in [0.25, 0.3) is 0 Å². The molecule has 3 unspecified atom stereocenters. The van der Waals surface area contributed by atoms with Crippen LogP contribution in [0.15, 0.2) is 47.6 Å². The molecule has 1 aliphatic rings. The van der Waals surface area contributed by atoms with Crippen molar-refractivity contribution in [1.82, 2.24) is 14.7 Å². The Bertz CT molecular complexity index is 1200. The van der Waals surface area contributed by atoms with Gasteiger partial charge in [-0.05, 0) is 54.7 Å². The Balaban J connectivity index is 1.74. The second-order valence-corrected chi connectivity index (χ2v) is 9.73. The van der Waals surface area contributed by atoms with Crippen molar-refractivity contribution in [2.75, 3.05) is 0 Å². The van der Waals surface area contributed by atoms with E-state index in [9.17, 15) is 26.7 Å². The zero-order chi connectivity index (χ0) is 23.0. The smallest absolute Gasteiger partial charge is 0.257 e. The van der Waals surface area contributed by atoms with Crippen molar-refractivity contribution in [2.45, 2.75) is 42.4 Å². The SMILES string of the molecule is O=S(=O)(NC1CCCC1O)c1cnc(C(c2ccc(F)c(F)c2)c2ccc(F)c(Cl)c2)[nH]1. The number of rotatable bonds is 6. The molecule has 0 radical (unpaired) electrons. The zero-order valence-corrected chi connectivity index (χ0v) is 18.1. The molecule has 3 aromatic rings. The number of H-pyrrole nitrogens is 1. The van der Waals surface area contributed by atoms with Gasteiger partial charge < -0.3 is 10.1 Å². The predicted molar refractivity (Wildman–Crippen MR) is 111 cm³/mol. The van der Waals surface area contributed by atoms with Gasteiger partial charge in [0, 0.05) is 6.04 Å². The third-order valence-electron chi connectivity index (χ3n) is 5.48. The number of nitrogens with zero attached hydrogens (tertiary/aromatic N) is 1. The van der Waals surface area contributed by atoms with Crippen molar-refractivity contribution >= 4 is 21.6 Å². The highest BCUT2D eigenvalue weighted by Gasteiger charge is 2.31. The van der Waals surface area contributed by atoms with Gasteiger partial charge in [0.15, 0.2) is 16.7 Å². The average Bonchev–Trinajstić information content (AvgIpc) is 3.38. The summed E-state index contributed by atoms with van der Waals surface area (Å²) in [4.78, 5) is 6.85. The third-order valence-corrected chi connectivity index (χ3v) is 7.16. The van der Waals surface area contributed by atoms with E-state index in [1.807, 2.05) is 0 Å². The molecule has 1 fully saturated rings. The summed E-state index contributed by atoms with van der Waals surface area (Å²) in [6, 6.07) is 6.44. The first-order valence-electron chi connectivity index (χ1n) is 9.81. The molecule has 0 bridgehead atoms. The van der Waals surface area contributed by atoms with E-state index < -0.39 is 45.5 Å². The molecule has 0 aliphatic heterocycles. The third kappa shape index (κ3) is 4.54. The maximum atomic E-state index is 14.0. The Labute approximate surface area is 187 Å². The van der Waals surface area contributed by atoms with E-state index in [2.05, 4.69) is 14.7 Å². The fourth-order valence-electron chi connectivity index (χ4n) is 3.83. The number of sulfonamides is 1. The van der Waals surface area contributed by atoms with Gasteiger partial charge in [-0.2, -0.15) is 0 Å². The molecule has 1 aliphatic carbocycles. The van der Waals surface area contributed by atoms with Crippen molar-refractivity contribution in [3.05, 3.63) is 82.0 Å². The fourth-order valence-corrected chi connectivity index (χ4v) is 5.25. The van der Waals surface area contributed by atoms with Gasteiger partial charge in [0.2, 0.25) is 0 Å². The van der Waals surface area contributed by atoms with E-state index in [4.69, 9.17) is 11.6 Å². The largest absolute Gasteiger partial charge is 0.391 e. The second-order valence-electron chi connectivity index (χ2n) is 7.64. The van der Waals surface area contributed by atoms with Gasteiger partial charge in [-0.15, -0.1) is 0 Å². The lowest BCUT2D eigenvalue weighted by atomic mass is 9.90. The van der Waals surface area contributed by atoms with E-state index >= 15 is 0 Å². The van der Waals surface area contributed by atoms with Crippen LogP contribution < -0.4 is 4.72 Å². The Morgan fingerprint density at radius 2 is 1.75 bits per heavy atom. The fraction of sp³-hybridized carbons (Fsp3) is 0.286. The summed E-state index contributed by atoms with van der Waals surface area (Å²) in [5.41, 5.74) is 0.643. The van der Waals surface area contributed by atoms with Crippen molar-refractivity contribution in [3.63, 3.8) is 0 Å². The number of imidazole rings is 1. The minimum atomic E-state index is -4.03. The lowest BCUT2D eigenvalue weighted by Crippen LogP contribution is -2.39. The minimum absolute atomic E-state index is 0.103. The van der Waals surface area contributed by atoms with Gasteiger partial charge in [0.05, 0.1) is 23.2 Å². The highest BCUT2D eigenvalue weighted by molar-refractivity contribution is 7.89. The van der Waals surface area contributed by atoms with E-state index in [0.717, 1.165) is 24.4 Å². The number of nitrogens with one attached hydrogen (secondary N) is 2. The van der Waals surface area contributed by atoms with E-state index in [1.165, 1.54) is 18.2 Å². The van der Waals surface area contributed by atoms with Gasteiger partial charge in [-0.1, -0.05) is 23.7 Å². The van der Waals surface area contributed by atoms with Crippen molar-refractivity contribution in [1.29, 1.82) is 0 Å². The Hall–Kier alpha value is -2.40. The molecule has 3 atom stereocenters. The molecule has 1 aromatic heterocycles. The summed E-state index contributed by atoms with van der Waals surface area (Å²) in [7, 11) is -4.03. The average molecular weight is 486 g/mol. The number of aliphatic hydroxyl groups is 1. The number of aromatic amines is 1. The second kappa shape index (κ2) is 8.86. The molecular weight excluding hydrogens is 467 g/mol. The van der Waals surface area contributed by atoms with Crippen LogP contribution in [0.2, 0.25) is 5.02 Å². The molecule has 4 rings (SSSR count). The number of hydrogen-bond acceptors (Lipinski definition) is 4. The van der Waals surface area contributed by atoms with Crippen molar-refractivity contribution < 1.29 is 26.7 Å². The number of benzene rings is 2. The maximum Gasteiger partial charge on any atom is 0.257 e. The molecule has 2 aromatic carbocycles. The summed E-state index contributed by atoms with van der Waals surface area (Å²) in [5.74, 6) is -3.60. The van der Waals surface area contributed by atoms with Crippen LogP contribution in [-0.2, 0) is 10.0 Å². The first-order chi connectivity index (χ1) is 15.2. The van der Waals surface area contributed by atoms with Crippen LogP contribution in [0, 0.1) is 17.5 Å². The van der Waals surface area contributed by atoms with Gasteiger partial charge in [0.1, 0.15) is 11.6 Å². The zero-order valence-electron chi connectivity index (χ0n) is 16.5. The van der Waals surface area contributed by atoms with Gasteiger partial charge >= 0.3 is 0 Å². The first-order valence-corrected chi connectivity index (χ1v) is 11.7. The summed E-state index contributed by atoms with van der Waals surface area (Å²) in [6.07, 6.45) is 2.03. The summed E-state index contributed by atoms with van der Waals surface area (Å²) >= 11 is 5.91. The van der Waals surface area contributed by atoms with Crippen LogP contribution in [0.5, 0.6) is 0 Å².